The minimum absolute atomic E-state index is 0.140. The van der Waals surface area contributed by atoms with Crippen molar-refractivity contribution in [3.8, 4) is 0 Å². The molecule has 3 N–H and O–H groups in total. The average Bonchev–Trinajstić information content (AvgIpc) is 3.15. The number of para-hydroxylation sites is 1. The van der Waals surface area contributed by atoms with E-state index in [9.17, 15) is 13.2 Å². The number of nitrogens with one attached hydrogen (secondary N) is 3. The number of carbonyl (C=O) groups excluding carboxylic acids is 1. The summed E-state index contributed by atoms with van der Waals surface area (Å²) in [5.74, 6) is 0.410. The smallest absolute Gasteiger partial charge is 0.261 e. The third-order valence-corrected chi connectivity index (χ3v) is 5.33. The molecule has 27 heavy (non-hydrogen) atoms. The molecular formula is C19H20N4O3S. The van der Waals surface area contributed by atoms with Crippen LogP contribution in [0, 0.1) is 6.92 Å². The molecule has 0 aliphatic carbocycles. The summed E-state index contributed by atoms with van der Waals surface area (Å²) >= 11 is 0. The normalized spacial score (nSPS) is 11.1. The second kappa shape index (κ2) is 8.05. The van der Waals surface area contributed by atoms with Gasteiger partial charge in [-0.3, -0.25) is 9.52 Å². The highest BCUT2D eigenvalue weighted by molar-refractivity contribution is 7.92. The first-order chi connectivity index (χ1) is 13.0. The van der Waals surface area contributed by atoms with Crippen molar-refractivity contribution in [3.05, 3.63) is 77.9 Å². The van der Waals surface area contributed by atoms with E-state index in [4.69, 9.17) is 0 Å². The molecular weight excluding hydrogens is 364 g/mol. The molecule has 0 unspecified atom stereocenters. The predicted octanol–water partition coefficient (Wildman–Crippen LogP) is 2.49. The molecule has 1 amide bonds. The summed E-state index contributed by atoms with van der Waals surface area (Å²) in [7, 11) is -3.79. The highest BCUT2D eigenvalue weighted by atomic mass is 32.2. The Bertz CT molecular complexity index is 1010. The number of H-pyrrole nitrogens is 1. The number of hydrogen-bond donors (Lipinski definition) is 3. The lowest BCUT2D eigenvalue weighted by Crippen LogP contribution is -2.27. The molecule has 140 valence electrons. The van der Waals surface area contributed by atoms with Crippen LogP contribution >= 0.6 is 0 Å². The number of hydrogen-bond acceptors (Lipinski definition) is 4. The molecule has 1 heterocycles. The molecule has 0 saturated carbocycles. The van der Waals surface area contributed by atoms with Gasteiger partial charge in [-0.25, -0.2) is 13.4 Å². The van der Waals surface area contributed by atoms with E-state index in [1.807, 2.05) is 6.92 Å². The number of anilines is 1. The fraction of sp³-hybridized carbons (Fsp3) is 0.158. The number of nitrogens with zero attached hydrogens (tertiary/aromatic N) is 1. The summed E-state index contributed by atoms with van der Waals surface area (Å²) in [5.41, 5.74) is 1.45. The van der Waals surface area contributed by atoms with Gasteiger partial charge in [0.2, 0.25) is 0 Å². The lowest BCUT2D eigenvalue weighted by molar-refractivity contribution is 0.0955. The molecule has 2 aromatic carbocycles. The standard InChI is InChI=1S/C19H20N4O3S/c1-14-6-8-15(9-7-14)27(25,26)23-17-5-3-2-4-16(17)19(24)22-11-10-18-20-12-13-21-18/h2-9,12-13,23H,10-11H2,1H3,(H,20,21)(H,22,24). The van der Waals surface area contributed by atoms with Crippen molar-refractivity contribution in [1.29, 1.82) is 0 Å². The van der Waals surface area contributed by atoms with Crippen molar-refractivity contribution in [2.24, 2.45) is 0 Å². The van der Waals surface area contributed by atoms with Crippen LogP contribution in [0.25, 0.3) is 0 Å². The van der Waals surface area contributed by atoms with E-state index in [0.717, 1.165) is 11.4 Å². The summed E-state index contributed by atoms with van der Waals surface area (Å²) in [5, 5.41) is 2.78. The van der Waals surface area contributed by atoms with Gasteiger partial charge in [-0.1, -0.05) is 29.8 Å². The fourth-order valence-electron chi connectivity index (χ4n) is 2.52. The quantitative estimate of drug-likeness (QED) is 0.582. The van der Waals surface area contributed by atoms with Gasteiger partial charge in [-0.2, -0.15) is 0 Å². The maximum absolute atomic E-state index is 12.6. The monoisotopic (exact) mass is 384 g/mol. The van der Waals surface area contributed by atoms with Crippen LogP contribution in [0.4, 0.5) is 5.69 Å². The molecule has 0 atom stereocenters. The highest BCUT2D eigenvalue weighted by Crippen LogP contribution is 2.20. The Labute approximate surface area is 157 Å². The first kappa shape index (κ1) is 18.7. The van der Waals surface area contributed by atoms with Gasteiger partial charge in [-0.15, -0.1) is 0 Å². The molecule has 3 rings (SSSR count). The number of benzene rings is 2. The third-order valence-electron chi connectivity index (χ3n) is 3.95. The van der Waals surface area contributed by atoms with Gasteiger partial charge in [0.15, 0.2) is 0 Å². The summed E-state index contributed by atoms with van der Waals surface area (Å²) in [6.07, 6.45) is 3.91. The zero-order valence-corrected chi connectivity index (χ0v) is 15.6. The second-order valence-corrected chi connectivity index (χ2v) is 7.69. The van der Waals surface area contributed by atoms with Crippen molar-refractivity contribution >= 4 is 21.6 Å². The van der Waals surface area contributed by atoms with Crippen LogP contribution in [-0.2, 0) is 16.4 Å². The zero-order chi connectivity index (χ0) is 19.3. The third kappa shape index (κ3) is 4.73. The fourth-order valence-corrected chi connectivity index (χ4v) is 3.60. The van der Waals surface area contributed by atoms with Crippen LogP contribution in [-0.4, -0.2) is 30.8 Å². The van der Waals surface area contributed by atoms with Crippen LogP contribution in [0.2, 0.25) is 0 Å². The molecule has 0 bridgehead atoms. The van der Waals surface area contributed by atoms with E-state index in [1.54, 1.807) is 48.8 Å². The van der Waals surface area contributed by atoms with Gasteiger partial charge < -0.3 is 10.3 Å². The molecule has 7 nitrogen and oxygen atoms in total. The van der Waals surface area contributed by atoms with Crippen LogP contribution < -0.4 is 10.0 Å². The van der Waals surface area contributed by atoms with Crippen molar-refractivity contribution in [2.75, 3.05) is 11.3 Å². The maximum Gasteiger partial charge on any atom is 0.261 e. The highest BCUT2D eigenvalue weighted by Gasteiger charge is 2.18. The van der Waals surface area contributed by atoms with Gasteiger partial charge in [0, 0.05) is 25.4 Å². The molecule has 0 aliphatic heterocycles. The van der Waals surface area contributed by atoms with E-state index in [-0.39, 0.29) is 22.1 Å². The van der Waals surface area contributed by atoms with Crippen molar-refractivity contribution in [3.63, 3.8) is 0 Å². The average molecular weight is 384 g/mol. The first-order valence-corrected chi connectivity index (χ1v) is 9.89. The van der Waals surface area contributed by atoms with E-state index < -0.39 is 10.0 Å². The molecule has 1 aromatic heterocycles. The number of imidazole rings is 1. The Morgan fingerprint density at radius 1 is 1.11 bits per heavy atom. The number of aromatic amines is 1. The van der Waals surface area contributed by atoms with Crippen LogP contribution in [0.5, 0.6) is 0 Å². The van der Waals surface area contributed by atoms with Gasteiger partial charge in [0.05, 0.1) is 16.1 Å². The predicted molar refractivity (Wildman–Crippen MR) is 103 cm³/mol. The number of aromatic nitrogens is 2. The van der Waals surface area contributed by atoms with E-state index >= 15 is 0 Å². The van der Waals surface area contributed by atoms with Crippen LogP contribution in [0.15, 0.2) is 65.8 Å². The second-order valence-electron chi connectivity index (χ2n) is 6.01. The van der Waals surface area contributed by atoms with Crippen molar-refractivity contribution in [1.82, 2.24) is 15.3 Å². The molecule has 0 spiro atoms. The minimum atomic E-state index is -3.79. The van der Waals surface area contributed by atoms with Crippen LogP contribution in [0.1, 0.15) is 21.7 Å². The molecule has 0 radical (unpaired) electrons. The Balaban J connectivity index is 1.73. The molecule has 0 fully saturated rings. The van der Waals surface area contributed by atoms with E-state index in [2.05, 4.69) is 20.0 Å². The SMILES string of the molecule is Cc1ccc(S(=O)(=O)Nc2ccccc2C(=O)NCCc2ncc[nH]2)cc1. The summed E-state index contributed by atoms with van der Waals surface area (Å²) in [6, 6.07) is 13.0. The Morgan fingerprint density at radius 2 is 1.85 bits per heavy atom. The summed E-state index contributed by atoms with van der Waals surface area (Å²) in [6.45, 7) is 2.26. The summed E-state index contributed by atoms with van der Waals surface area (Å²) < 4.78 is 27.7. The molecule has 0 saturated heterocycles. The Kier molecular flexibility index (Phi) is 5.56. The Morgan fingerprint density at radius 3 is 2.56 bits per heavy atom. The maximum atomic E-state index is 12.6. The van der Waals surface area contributed by atoms with E-state index in [1.165, 1.54) is 12.1 Å². The topological polar surface area (TPSA) is 104 Å². The number of sulfonamides is 1. The molecule has 3 aromatic rings. The number of aryl methyl sites for hydroxylation is 1. The van der Waals surface area contributed by atoms with Crippen molar-refractivity contribution < 1.29 is 13.2 Å². The van der Waals surface area contributed by atoms with Gasteiger partial charge in [0.1, 0.15) is 5.82 Å². The number of carbonyl (C=O) groups is 1. The lowest BCUT2D eigenvalue weighted by Gasteiger charge is -2.13. The van der Waals surface area contributed by atoms with Crippen molar-refractivity contribution in [2.45, 2.75) is 18.2 Å². The van der Waals surface area contributed by atoms with Crippen LogP contribution in [0.3, 0.4) is 0 Å². The van der Waals surface area contributed by atoms with E-state index in [0.29, 0.717) is 13.0 Å². The van der Waals surface area contributed by atoms with Gasteiger partial charge in [0.25, 0.3) is 15.9 Å². The Hall–Kier alpha value is -3.13. The lowest BCUT2D eigenvalue weighted by atomic mass is 10.1. The molecule has 8 heteroatoms. The minimum Gasteiger partial charge on any atom is -0.352 e. The van der Waals surface area contributed by atoms with Gasteiger partial charge >= 0.3 is 0 Å². The summed E-state index contributed by atoms with van der Waals surface area (Å²) in [4.78, 5) is 19.7. The molecule has 0 aliphatic rings. The number of amides is 1. The zero-order valence-electron chi connectivity index (χ0n) is 14.8. The van der Waals surface area contributed by atoms with Gasteiger partial charge in [-0.05, 0) is 31.2 Å². The first-order valence-electron chi connectivity index (χ1n) is 8.41. The number of rotatable bonds is 7. The largest absolute Gasteiger partial charge is 0.352 e.